The molecule has 0 bridgehead atoms. The van der Waals surface area contributed by atoms with E-state index in [1.165, 1.54) is 0 Å². The molecule has 108 valence electrons. The lowest BCUT2D eigenvalue weighted by molar-refractivity contribution is 0.106. The van der Waals surface area contributed by atoms with Crippen molar-refractivity contribution in [2.75, 3.05) is 14.2 Å². The molecule has 5 heteroatoms. The zero-order valence-electron chi connectivity index (χ0n) is 11.7. The van der Waals surface area contributed by atoms with Gasteiger partial charge in [-0.05, 0) is 48.5 Å². The number of ketones is 1. The number of methoxy groups -OCH3 is 2. The maximum atomic E-state index is 12.4. The monoisotopic (exact) mass is 285 g/mol. The molecule has 0 heterocycles. The Bertz CT molecular complexity index is 645. The third-order valence-corrected chi connectivity index (χ3v) is 3.03. The predicted octanol–water partition coefficient (Wildman–Crippen LogP) is 2.77. The van der Waals surface area contributed by atoms with E-state index in [1.54, 1.807) is 62.8 Å². The largest absolute Gasteiger partial charge is 0.497 e. The molecule has 2 aromatic rings. The summed E-state index contributed by atoms with van der Waals surface area (Å²) >= 11 is 0. The number of hydrogen-bond donors (Lipinski definition) is 1. The summed E-state index contributed by atoms with van der Waals surface area (Å²) in [5.74, 6) is 0.941. The van der Waals surface area contributed by atoms with Crippen LogP contribution in [0.4, 0.5) is 0 Å². The lowest BCUT2D eigenvalue weighted by Gasteiger charge is -2.06. The van der Waals surface area contributed by atoms with Crippen molar-refractivity contribution in [3.8, 4) is 11.5 Å². The van der Waals surface area contributed by atoms with Crippen molar-refractivity contribution < 1.29 is 19.5 Å². The SMILES string of the molecule is COc1ccc(C(=O)/C(=N/O)c2ccc(OC)cc2)cc1. The highest BCUT2D eigenvalue weighted by molar-refractivity contribution is 6.51. The molecule has 0 saturated heterocycles. The van der Waals surface area contributed by atoms with Gasteiger partial charge in [-0.15, -0.1) is 0 Å². The summed E-state index contributed by atoms with van der Waals surface area (Å²) in [5.41, 5.74) is 0.904. The molecule has 0 amide bonds. The second kappa shape index (κ2) is 6.56. The van der Waals surface area contributed by atoms with E-state index >= 15 is 0 Å². The second-order valence-corrected chi connectivity index (χ2v) is 4.23. The fourth-order valence-corrected chi connectivity index (χ4v) is 1.86. The number of hydrogen-bond acceptors (Lipinski definition) is 5. The van der Waals surface area contributed by atoms with Gasteiger partial charge in [0.2, 0.25) is 5.78 Å². The third-order valence-electron chi connectivity index (χ3n) is 3.03. The van der Waals surface area contributed by atoms with Crippen LogP contribution in [-0.4, -0.2) is 30.9 Å². The number of carbonyl (C=O) groups is 1. The van der Waals surface area contributed by atoms with Crippen LogP contribution < -0.4 is 9.47 Å². The van der Waals surface area contributed by atoms with Crippen molar-refractivity contribution in [1.82, 2.24) is 0 Å². The van der Waals surface area contributed by atoms with Crippen LogP contribution in [0.2, 0.25) is 0 Å². The summed E-state index contributed by atoms with van der Waals surface area (Å²) in [5, 5.41) is 12.3. The standard InChI is InChI=1S/C16H15NO4/c1-20-13-7-3-11(4-8-13)15(17-19)16(18)12-5-9-14(21-2)10-6-12/h3-10,19H,1-2H3/b17-15+. The maximum Gasteiger partial charge on any atom is 0.215 e. The molecule has 0 saturated carbocycles. The third kappa shape index (κ3) is 3.20. The number of nitrogens with zero attached hydrogens (tertiary/aromatic N) is 1. The summed E-state index contributed by atoms with van der Waals surface area (Å²) < 4.78 is 10.1. The van der Waals surface area contributed by atoms with Crippen molar-refractivity contribution in [3.05, 3.63) is 59.7 Å². The Morgan fingerprint density at radius 2 is 1.29 bits per heavy atom. The molecule has 0 atom stereocenters. The molecule has 2 aromatic carbocycles. The van der Waals surface area contributed by atoms with Crippen LogP contribution in [0, 0.1) is 0 Å². The van der Waals surface area contributed by atoms with Gasteiger partial charge in [0.1, 0.15) is 11.5 Å². The Morgan fingerprint density at radius 3 is 1.67 bits per heavy atom. The van der Waals surface area contributed by atoms with E-state index < -0.39 is 0 Å². The Kier molecular flexibility index (Phi) is 4.56. The Labute approximate surface area is 122 Å². The minimum atomic E-state index is -0.370. The van der Waals surface area contributed by atoms with Gasteiger partial charge in [-0.3, -0.25) is 4.79 Å². The molecule has 0 unspecified atom stereocenters. The molecular weight excluding hydrogens is 270 g/mol. The fourth-order valence-electron chi connectivity index (χ4n) is 1.86. The lowest BCUT2D eigenvalue weighted by atomic mass is 10.0. The molecule has 0 spiro atoms. The highest BCUT2D eigenvalue weighted by atomic mass is 16.5. The normalized spacial score (nSPS) is 11.0. The molecule has 0 radical (unpaired) electrons. The summed E-state index contributed by atoms with van der Waals surface area (Å²) in [7, 11) is 3.10. The van der Waals surface area contributed by atoms with Crippen molar-refractivity contribution in [3.63, 3.8) is 0 Å². The van der Waals surface area contributed by atoms with Crippen LogP contribution >= 0.6 is 0 Å². The number of carbonyl (C=O) groups excluding carboxylic acids is 1. The van der Waals surface area contributed by atoms with E-state index in [-0.39, 0.29) is 11.5 Å². The highest BCUT2D eigenvalue weighted by Gasteiger charge is 2.17. The van der Waals surface area contributed by atoms with Crippen LogP contribution in [0.25, 0.3) is 0 Å². The quantitative estimate of drug-likeness (QED) is 0.397. The van der Waals surface area contributed by atoms with E-state index in [1.807, 2.05) is 0 Å². The molecule has 0 fully saturated rings. The molecular formula is C16H15NO4. The average molecular weight is 285 g/mol. The topological polar surface area (TPSA) is 68.1 Å². The molecule has 0 aromatic heterocycles. The molecule has 2 rings (SSSR count). The van der Waals surface area contributed by atoms with Crippen molar-refractivity contribution in [1.29, 1.82) is 0 Å². The van der Waals surface area contributed by atoms with Crippen LogP contribution in [-0.2, 0) is 0 Å². The van der Waals surface area contributed by atoms with E-state index in [4.69, 9.17) is 14.7 Å². The number of ether oxygens (including phenoxy) is 2. The van der Waals surface area contributed by atoms with Crippen molar-refractivity contribution in [2.45, 2.75) is 0 Å². The summed E-state index contributed by atoms with van der Waals surface area (Å²) in [4.78, 5) is 12.4. The summed E-state index contributed by atoms with van der Waals surface area (Å²) in [6.07, 6.45) is 0. The van der Waals surface area contributed by atoms with Gasteiger partial charge in [0, 0.05) is 11.1 Å². The second-order valence-electron chi connectivity index (χ2n) is 4.23. The lowest BCUT2D eigenvalue weighted by Crippen LogP contribution is -2.15. The first-order valence-electron chi connectivity index (χ1n) is 6.25. The first-order valence-corrected chi connectivity index (χ1v) is 6.25. The van der Waals surface area contributed by atoms with Crippen LogP contribution in [0.3, 0.4) is 0 Å². The smallest absolute Gasteiger partial charge is 0.215 e. The molecule has 0 aliphatic carbocycles. The minimum absolute atomic E-state index is 0.0252. The molecule has 21 heavy (non-hydrogen) atoms. The average Bonchev–Trinajstić information content (AvgIpc) is 2.56. The molecule has 0 aliphatic rings. The van der Waals surface area contributed by atoms with E-state index in [0.717, 1.165) is 0 Å². The first kappa shape index (κ1) is 14.6. The van der Waals surface area contributed by atoms with Gasteiger partial charge < -0.3 is 14.7 Å². The maximum absolute atomic E-state index is 12.4. The van der Waals surface area contributed by atoms with Crippen LogP contribution in [0.15, 0.2) is 53.7 Å². The number of rotatable bonds is 5. The zero-order chi connectivity index (χ0) is 15.2. The van der Waals surface area contributed by atoms with E-state index in [2.05, 4.69) is 5.16 Å². The van der Waals surface area contributed by atoms with Gasteiger partial charge in [-0.1, -0.05) is 5.16 Å². The summed E-state index contributed by atoms with van der Waals surface area (Å²) in [6.45, 7) is 0. The summed E-state index contributed by atoms with van der Waals surface area (Å²) in [6, 6.07) is 13.3. The van der Waals surface area contributed by atoms with E-state index in [9.17, 15) is 4.79 Å². The molecule has 0 aliphatic heterocycles. The van der Waals surface area contributed by atoms with Crippen LogP contribution in [0.1, 0.15) is 15.9 Å². The first-order chi connectivity index (χ1) is 10.2. The number of Topliss-reactive ketones (excluding diaryl/α,β-unsaturated/α-hetero) is 1. The van der Waals surface area contributed by atoms with Crippen molar-refractivity contribution in [2.24, 2.45) is 5.16 Å². The van der Waals surface area contributed by atoms with Crippen molar-refractivity contribution >= 4 is 11.5 Å². The Balaban J connectivity index is 2.29. The fraction of sp³-hybridized carbons (Fsp3) is 0.125. The van der Waals surface area contributed by atoms with Gasteiger partial charge in [-0.2, -0.15) is 0 Å². The Morgan fingerprint density at radius 1 is 0.857 bits per heavy atom. The molecule has 1 N–H and O–H groups in total. The minimum Gasteiger partial charge on any atom is -0.497 e. The number of benzene rings is 2. The van der Waals surface area contributed by atoms with E-state index in [0.29, 0.717) is 22.6 Å². The highest BCUT2D eigenvalue weighted by Crippen LogP contribution is 2.16. The van der Waals surface area contributed by atoms with Gasteiger partial charge in [0.25, 0.3) is 0 Å². The van der Waals surface area contributed by atoms with Gasteiger partial charge in [-0.25, -0.2) is 0 Å². The van der Waals surface area contributed by atoms with Crippen LogP contribution in [0.5, 0.6) is 11.5 Å². The Hall–Kier alpha value is -2.82. The number of oxime groups is 1. The zero-order valence-corrected chi connectivity index (χ0v) is 11.7. The van der Waals surface area contributed by atoms with Gasteiger partial charge in [0.05, 0.1) is 14.2 Å². The molecule has 5 nitrogen and oxygen atoms in total. The predicted molar refractivity (Wildman–Crippen MR) is 78.6 cm³/mol. The van der Waals surface area contributed by atoms with Gasteiger partial charge in [0.15, 0.2) is 5.71 Å². The van der Waals surface area contributed by atoms with Gasteiger partial charge >= 0.3 is 0 Å².